The molecule has 4 rings (SSSR count). The predicted octanol–water partition coefficient (Wildman–Crippen LogP) is 3.04. The number of urea groups is 1. The van der Waals surface area contributed by atoms with Crippen molar-refractivity contribution < 1.29 is 27.1 Å². The van der Waals surface area contributed by atoms with Gasteiger partial charge >= 0.3 is 12.0 Å². The number of hydrogen-bond donors (Lipinski definition) is 1. The molecule has 2 heterocycles. The fourth-order valence-corrected chi connectivity index (χ4v) is 6.52. The Hall–Kier alpha value is -3.28. The van der Waals surface area contributed by atoms with Crippen LogP contribution in [0.5, 0.6) is 0 Å². The van der Waals surface area contributed by atoms with Gasteiger partial charge in [0.25, 0.3) is 0 Å². The van der Waals surface area contributed by atoms with Gasteiger partial charge in [0.05, 0.1) is 23.1 Å². The summed E-state index contributed by atoms with van der Waals surface area (Å²) in [7, 11) is -2.11. The highest BCUT2D eigenvalue weighted by Crippen LogP contribution is 2.32. The van der Waals surface area contributed by atoms with Crippen LogP contribution in [-0.2, 0) is 19.6 Å². The van der Waals surface area contributed by atoms with Crippen molar-refractivity contribution in [2.75, 3.05) is 39.8 Å². The summed E-state index contributed by atoms with van der Waals surface area (Å²) in [5, 5.41) is 2.78. The largest absolute Gasteiger partial charge is 0.463 e. The maximum atomic E-state index is 14.0. The SMILES string of the molecule is CCOC(=O)C1=C(CN2CCN(S(=O)(=O)c3ccc(C)cc3)[C@H](C)C2)N(C)C(=O)N[C@@H]1c1cccc(F)c1. The molecule has 2 aliphatic heterocycles. The molecule has 1 saturated heterocycles. The van der Waals surface area contributed by atoms with Gasteiger partial charge in [0.1, 0.15) is 5.82 Å². The molecule has 0 radical (unpaired) electrons. The first kappa shape index (κ1) is 27.7. The topological polar surface area (TPSA) is 99.3 Å². The third kappa shape index (κ3) is 5.59. The summed E-state index contributed by atoms with van der Waals surface area (Å²) in [6.07, 6.45) is 0. The van der Waals surface area contributed by atoms with Crippen LogP contribution in [-0.4, -0.2) is 80.4 Å². The second-order valence-corrected chi connectivity index (χ2v) is 11.5. The first-order chi connectivity index (χ1) is 18.0. The van der Waals surface area contributed by atoms with Gasteiger partial charge in [-0.1, -0.05) is 29.8 Å². The van der Waals surface area contributed by atoms with Crippen molar-refractivity contribution in [1.29, 1.82) is 0 Å². The number of halogens is 1. The molecule has 0 spiro atoms. The number of piperazine rings is 1. The van der Waals surface area contributed by atoms with E-state index in [0.29, 0.717) is 24.4 Å². The molecule has 2 atom stereocenters. The molecule has 9 nitrogen and oxygen atoms in total. The van der Waals surface area contributed by atoms with E-state index in [2.05, 4.69) is 5.32 Å². The highest BCUT2D eigenvalue weighted by atomic mass is 32.2. The molecule has 0 bridgehead atoms. The van der Waals surface area contributed by atoms with Crippen molar-refractivity contribution in [2.45, 2.75) is 37.8 Å². The molecule has 2 aromatic rings. The molecule has 1 N–H and O–H groups in total. The van der Waals surface area contributed by atoms with Gasteiger partial charge in [0.15, 0.2) is 0 Å². The number of rotatable bonds is 7. The Morgan fingerprint density at radius 3 is 2.50 bits per heavy atom. The van der Waals surface area contributed by atoms with E-state index in [0.717, 1.165) is 5.56 Å². The number of nitrogens with zero attached hydrogens (tertiary/aromatic N) is 3. The molecule has 0 aromatic heterocycles. The molecule has 1 fully saturated rings. The zero-order valence-electron chi connectivity index (χ0n) is 22.0. The van der Waals surface area contributed by atoms with Gasteiger partial charge in [-0.2, -0.15) is 4.31 Å². The van der Waals surface area contributed by atoms with Crippen molar-refractivity contribution in [3.05, 3.63) is 76.7 Å². The lowest BCUT2D eigenvalue weighted by atomic mass is 9.94. The summed E-state index contributed by atoms with van der Waals surface area (Å²) in [6.45, 7) is 6.82. The van der Waals surface area contributed by atoms with Crippen LogP contribution in [0.1, 0.15) is 31.0 Å². The van der Waals surface area contributed by atoms with E-state index in [1.807, 2.05) is 18.7 Å². The summed E-state index contributed by atoms with van der Waals surface area (Å²) in [5.74, 6) is -1.09. The number of aryl methyl sites for hydroxylation is 1. The molecular formula is C27H33FN4O5S. The first-order valence-corrected chi connectivity index (χ1v) is 14.0. The number of carbonyl (C=O) groups excluding carboxylic acids is 2. The van der Waals surface area contributed by atoms with Gasteiger partial charge in [0, 0.05) is 45.0 Å². The number of esters is 1. The zero-order chi connectivity index (χ0) is 27.6. The van der Waals surface area contributed by atoms with E-state index >= 15 is 0 Å². The van der Waals surface area contributed by atoms with Crippen LogP contribution in [0.25, 0.3) is 0 Å². The molecule has 11 heteroatoms. The van der Waals surface area contributed by atoms with Crippen LogP contribution in [0.3, 0.4) is 0 Å². The second kappa shape index (κ2) is 11.2. The summed E-state index contributed by atoms with van der Waals surface area (Å²) in [4.78, 5) is 29.7. The molecule has 204 valence electrons. The van der Waals surface area contributed by atoms with Crippen molar-refractivity contribution in [2.24, 2.45) is 0 Å². The van der Waals surface area contributed by atoms with Crippen molar-refractivity contribution in [1.82, 2.24) is 19.4 Å². The van der Waals surface area contributed by atoms with Gasteiger partial charge in [-0.3, -0.25) is 9.80 Å². The number of carbonyl (C=O) groups is 2. The molecule has 2 aliphatic rings. The van der Waals surface area contributed by atoms with E-state index in [9.17, 15) is 22.4 Å². The Kier molecular flexibility index (Phi) is 8.19. The fourth-order valence-electron chi connectivity index (χ4n) is 4.91. The molecule has 0 unspecified atom stereocenters. The Balaban J connectivity index is 1.62. The summed E-state index contributed by atoms with van der Waals surface area (Å²) in [6, 6.07) is 10.9. The Bertz CT molecular complexity index is 1350. The predicted molar refractivity (Wildman–Crippen MR) is 140 cm³/mol. The molecule has 0 saturated carbocycles. The van der Waals surface area contributed by atoms with Crippen LogP contribution >= 0.6 is 0 Å². The van der Waals surface area contributed by atoms with E-state index in [1.54, 1.807) is 44.3 Å². The van der Waals surface area contributed by atoms with Gasteiger partial charge in [-0.15, -0.1) is 0 Å². The van der Waals surface area contributed by atoms with Gasteiger partial charge < -0.3 is 10.1 Å². The van der Waals surface area contributed by atoms with Crippen molar-refractivity contribution in [3.63, 3.8) is 0 Å². The molecule has 0 aliphatic carbocycles. The molecule has 2 aromatic carbocycles. The number of hydrogen-bond acceptors (Lipinski definition) is 6. The van der Waals surface area contributed by atoms with Crippen molar-refractivity contribution in [3.8, 4) is 0 Å². The van der Waals surface area contributed by atoms with Crippen LogP contribution < -0.4 is 5.32 Å². The highest BCUT2D eigenvalue weighted by Gasteiger charge is 2.39. The van der Waals surface area contributed by atoms with Crippen molar-refractivity contribution >= 4 is 22.0 Å². The van der Waals surface area contributed by atoms with Crippen LogP contribution in [0.4, 0.5) is 9.18 Å². The van der Waals surface area contributed by atoms with Gasteiger partial charge in [0.2, 0.25) is 10.0 Å². The smallest absolute Gasteiger partial charge is 0.338 e. The second-order valence-electron chi connectivity index (χ2n) is 9.59. The number of nitrogens with one attached hydrogen (secondary N) is 1. The van der Waals surface area contributed by atoms with Gasteiger partial charge in [-0.05, 0) is 50.6 Å². The van der Waals surface area contributed by atoms with Crippen LogP contribution in [0.15, 0.2) is 64.7 Å². The molecule has 2 amide bonds. The third-order valence-corrected chi connectivity index (χ3v) is 8.93. The maximum absolute atomic E-state index is 14.0. The Morgan fingerprint density at radius 1 is 1.16 bits per heavy atom. The van der Waals surface area contributed by atoms with E-state index in [4.69, 9.17) is 4.74 Å². The number of sulfonamides is 1. The maximum Gasteiger partial charge on any atom is 0.338 e. The van der Waals surface area contributed by atoms with Crippen LogP contribution in [0.2, 0.25) is 0 Å². The average Bonchev–Trinajstić information content (AvgIpc) is 2.87. The monoisotopic (exact) mass is 544 g/mol. The quantitative estimate of drug-likeness (QED) is 0.538. The average molecular weight is 545 g/mol. The summed E-state index contributed by atoms with van der Waals surface area (Å²) in [5.41, 5.74) is 2.06. The lowest BCUT2D eigenvalue weighted by Crippen LogP contribution is -2.56. The normalized spacial score (nSPS) is 21.4. The third-order valence-electron chi connectivity index (χ3n) is 6.91. The summed E-state index contributed by atoms with van der Waals surface area (Å²) < 4.78 is 47.4. The minimum Gasteiger partial charge on any atom is -0.463 e. The Morgan fingerprint density at radius 2 is 1.87 bits per heavy atom. The fraction of sp³-hybridized carbons (Fsp3) is 0.407. The highest BCUT2D eigenvalue weighted by molar-refractivity contribution is 7.89. The van der Waals surface area contributed by atoms with E-state index in [-0.39, 0.29) is 36.2 Å². The molecular weight excluding hydrogens is 511 g/mol. The molecule has 38 heavy (non-hydrogen) atoms. The standard InChI is InChI=1S/C27H33FN4O5S/c1-5-37-26(33)24-23(30(4)27(34)29-25(24)20-7-6-8-21(28)15-20)17-31-13-14-32(19(3)16-31)38(35,36)22-11-9-18(2)10-12-22/h6-12,15,19,25H,5,13-14,16-17H2,1-4H3,(H,29,34)/t19-,25-/m1/s1. The minimum absolute atomic E-state index is 0.135. The van der Waals surface area contributed by atoms with E-state index < -0.39 is 33.9 Å². The van der Waals surface area contributed by atoms with Crippen LogP contribution in [0, 0.1) is 12.7 Å². The van der Waals surface area contributed by atoms with E-state index in [1.165, 1.54) is 27.4 Å². The number of ether oxygens (including phenoxy) is 1. The number of likely N-dealkylation sites (N-methyl/N-ethyl adjacent to an activating group) is 1. The Labute approximate surface area is 222 Å². The number of amides is 2. The first-order valence-electron chi connectivity index (χ1n) is 12.5. The zero-order valence-corrected chi connectivity index (χ0v) is 22.8. The lowest BCUT2D eigenvalue weighted by Gasteiger charge is -2.41. The minimum atomic E-state index is -3.67. The summed E-state index contributed by atoms with van der Waals surface area (Å²) >= 11 is 0. The van der Waals surface area contributed by atoms with Gasteiger partial charge in [-0.25, -0.2) is 22.4 Å². The lowest BCUT2D eigenvalue weighted by molar-refractivity contribution is -0.139. The number of benzene rings is 2.